The van der Waals surface area contributed by atoms with Gasteiger partial charge in [0.05, 0.1) is 6.20 Å². The van der Waals surface area contributed by atoms with E-state index in [1.807, 2.05) is 6.07 Å². The average Bonchev–Trinajstić information content (AvgIpc) is 2.62. The summed E-state index contributed by atoms with van der Waals surface area (Å²) in [5, 5.41) is 15.7. The van der Waals surface area contributed by atoms with Crippen LogP contribution in [0.2, 0.25) is 0 Å². The summed E-state index contributed by atoms with van der Waals surface area (Å²) in [4.78, 5) is 15.0. The molecule has 0 aliphatic carbocycles. The molecule has 0 bridgehead atoms. The number of carboxylic acids is 1. The van der Waals surface area contributed by atoms with Gasteiger partial charge in [-0.25, -0.2) is 9.78 Å². The van der Waals surface area contributed by atoms with E-state index in [9.17, 15) is 4.79 Å². The Labute approximate surface area is 91.6 Å². The van der Waals surface area contributed by atoms with Crippen LogP contribution in [0.1, 0.15) is 10.4 Å². The second-order valence-corrected chi connectivity index (χ2v) is 3.18. The summed E-state index contributed by atoms with van der Waals surface area (Å²) in [6.07, 6.45) is 2.92. The van der Waals surface area contributed by atoms with Gasteiger partial charge in [0.1, 0.15) is 17.2 Å². The lowest BCUT2D eigenvalue weighted by Crippen LogP contribution is -2.05. The number of hydrogen-bond acceptors (Lipinski definition) is 4. The van der Waals surface area contributed by atoms with Gasteiger partial charge in [-0.1, -0.05) is 6.07 Å². The molecule has 16 heavy (non-hydrogen) atoms. The van der Waals surface area contributed by atoms with Gasteiger partial charge >= 0.3 is 5.97 Å². The molecule has 0 unspecified atom stereocenters. The quantitative estimate of drug-likeness (QED) is 0.810. The van der Waals surface area contributed by atoms with Crippen molar-refractivity contribution in [3.8, 4) is 0 Å². The molecular weight excluding hydrogens is 208 g/mol. The molecule has 0 fully saturated rings. The Hall–Kier alpha value is -2.37. The number of aromatic carboxylic acids is 1. The first-order chi connectivity index (χ1) is 7.68. The van der Waals surface area contributed by atoms with Crippen LogP contribution in [-0.4, -0.2) is 25.8 Å². The van der Waals surface area contributed by atoms with E-state index in [4.69, 9.17) is 5.11 Å². The highest BCUT2D eigenvalue weighted by atomic mass is 16.4. The van der Waals surface area contributed by atoms with Gasteiger partial charge in [-0.2, -0.15) is 5.10 Å². The Bertz CT molecular complexity index is 507. The van der Waals surface area contributed by atoms with Gasteiger partial charge in [-0.3, -0.25) is 4.68 Å². The normalized spacial score (nSPS) is 10.1. The zero-order valence-corrected chi connectivity index (χ0v) is 8.58. The maximum Gasteiger partial charge on any atom is 0.341 e. The Kier molecular flexibility index (Phi) is 2.55. The van der Waals surface area contributed by atoms with Crippen LogP contribution in [0.25, 0.3) is 0 Å². The Morgan fingerprint density at radius 1 is 1.50 bits per heavy atom. The van der Waals surface area contributed by atoms with Crippen molar-refractivity contribution in [2.45, 2.75) is 0 Å². The van der Waals surface area contributed by atoms with Crippen molar-refractivity contribution < 1.29 is 9.90 Å². The zero-order chi connectivity index (χ0) is 11.5. The molecule has 82 valence electrons. The first-order valence-electron chi connectivity index (χ1n) is 4.62. The van der Waals surface area contributed by atoms with Crippen molar-refractivity contribution in [3.63, 3.8) is 0 Å². The molecule has 0 saturated carbocycles. The first-order valence-corrected chi connectivity index (χ1v) is 4.62. The van der Waals surface area contributed by atoms with Crippen molar-refractivity contribution in [1.29, 1.82) is 0 Å². The standard InChI is InChI=1S/C10H10N4O2/c1-14-9(7(6-12-14)10(15)16)13-8-4-2-3-5-11-8/h2-6H,1H3,(H,11,13)(H,15,16). The number of carbonyl (C=O) groups is 1. The predicted molar refractivity (Wildman–Crippen MR) is 57.7 cm³/mol. The maximum atomic E-state index is 10.9. The van der Waals surface area contributed by atoms with Crippen molar-refractivity contribution in [3.05, 3.63) is 36.2 Å². The van der Waals surface area contributed by atoms with E-state index >= 15 is 0 Å². The number of hydrogen-bond donors (Lipinski definition) is 2. The van der Waals surface area contributed by atoms with Gasteiger partial charge in [0, 0.05) is 13.2 Å². The largest absolute Gasteiger partial charge is 0.477 e. The molecule has 0 aliphatic rings. The number of aromatic nitrogens is 3. The fourth-order valence-electron chi connectivity index (χ4n) is 1.30. The highest BCUT2D eigenvalue weighted by Gasteiger charge is 2.15. The molecule has 0 aromatic carbocycles. The molecule has 2 aromatic heterocycles. The molecule has 2 N–H and O–H groups in total. The van der Waals surface area contributed by atoms with Gasteiger partial charge in [0.2, 0.25) is 0 Å². The van der Waals surface area contributed by atoms with Crippen LogP contribution in [-0.2, 0) is 7.05 Å². The number of nitrogens with one attached hydrogen (secondary N) is 1. The molecule has 0 spiro atoms. The van der Waals surface area contributed by atoms with E-state index in [-0.39, 0.29) is 5.56 Å². The van der Waals surface area contributed by atoms with Gasteiger partial charge in [-0.05, 0) is 12.1 Å². The van der Waals surface area contributed by atoms with Crippen LogP contribution in [0, 0.1) is 0 Å². The third-order valence-corrected chi connectivity index (χ3v) is 2.08. The predicted octanol–water partition coefficient (Wildman–Crippen LogP) is 1.26. The summed E-state index contributed by atoms with van der Waals surface area (Å²) in [6.45, 7) is 0. The van der Waals surface area contributed by atoms with Crippen LogP contribution in [0.5, 0.6) is 0 Å². The van der Waals surface area contributed by atoms with Crippen LogP contribution in [0.15, 0.2) is 30.6 Å². The molecule has 6 nitrogen and oxygen atoms in total. The minimum absolute atomic E-state index is 0.119. The second kappa shape index (κ2) is 4.01. The molecule has 2 rings (SSSR count). The Morgan fingerprint density at radius 3 is 2.94 bits per heavy atom. The molecule has 0 saturated heterocycles. The highest BCUT2D eigenvalue weighted by molar-refractivity contribution is 5.93. The Balaban J connectivity index is 2.34. The number of anilines is 2. The van der Waals surface area contributed by atoms with E-state index in [2.05, 4.69) is 15.4 Å². The SMILES string of the molecule is Cn1ncc(C(=O)O)c1Nc1ccccn1. The molecule has 0 radical (unpaired) electrons. The summed E-state index contributed by atoms with van der Waals surface area (Å²) in [7, 11) is 1.66. The third kappa shape index (κ3) is 1.85. The topological polar surface area (TPSA) is 80.0 Å². The minimum atomic E-state index is -1.02. The number of rotatable bonds is 3. The monoisotopic (exact) mass is 218 g/mol. The molecule has 6 heteroatoms. The van der Waals surface area contributed by atoms with Gasteiger partial charge in [0.25, 0.3) is 0 Å². The van der Waals surface area contributed by atoms with Crippen LogP contribution in [0.3, 0.4) is 0 Å². The maximum absolute atomic E-state index is 10.9. The van der Waals surface area contributed by atoms with Gasteiger partial charge < -0.3 is 10.4 Å². The smallest absolute Gasteiger partial charge is 0.341 e. The van der Waals surface area contributed by atoms with E-state index in [1.165, 1.54) is 10.9 Å². The lowest BCUT2D eigenvalue weighted by molar-refractivity contribution is 0.0698. The highest BCUT2D eigenvalue weighted by Crippen LogP contribution is 2.18. The van der Waals surface area contributed by atoms with Crippen LogP contribution >= 0.6 is 0 Å². The zero-order valence-electron chi connectivity index (χ0n) is 8.58. The minimum Gasteiger partial charge on any atom is -0.477 e. The average molecular weight is 218 g/mol. The number of aryl methyl sites for hydroxylation is 1. The van der Waals surface area contributed by atoms with Crippen molar-refractivity contribution in [2.24, 2.45) is 7.05 Å². The fraction of sp³-hybridized carbons (Fsp3) is 0.100. The van der Waals surface area contributed by atoms with Crippen LogP contribution < -0.4 is 5.32 Å². The summed E-state index contributed by atoms with van der Waals surface area (Å²) >= 11 is 0. The van der Waals surface area contributed by atoms with Crippen molar-refractivity contribution in [2.75, 3.05) is 5.32 Å². The summed E-state index contributed by atoms with van der Waals surface area (Å²) in [5.41, 5.74) is 0.119. The van der Waals surface area contributed by atoms with Crippen molar-refractivity contribution in [1.82, 2.24) is 14.8 Å². The first kappa shape index (κ1) is 10.2. The lowest BCUT2D eigenvalue weighted by Gasteiger charge is -2.06. The summed E-state index contributed by atoms with van der Waals surface area (Å²) in [5.74, 6) is -0.0358. The molecular formula is C10H10N4O2. The number of carboxylic acid groups (broad SMARTS) is 1. The number of nitrogens with zero attached hydrogens (tertiary/aromatic N) is 3. The van der Waals surface area contributed by atoms with E-state index in [0.29, 0.717) is 11.6 Å². The molecule has 2 aromatic rings. The second-order valence-electron chi connectivity index (χ2n) is 3.18. The van der Waals surface area contributed by atoms with Crippen molar-refractivity contribution >= 4 is 17.6 Å². The molecule has 0 amide bonds. The summed E-state index contributed by atoms with van der Waals surface area (Å²) < 4.78 is 1.46. The third-order valence-electron chi connectivity index (χ3n) is 2.08. The summed E-state index contributed by atoms with van der Waals surface area (Å²) in [6, 6.07) is 5.34. The molecule has 0 atom stereocenters. The Morgan fingerprint density at radius 2 is 2.31 bits per heavy atom. The molecule has 2 heterocycles. The van der Waals surface area contributed by atoms with E-state index in [1.54, 1.807) is 25.4 Å². The van der Waals surface area contributed by atoms with E-state index in [0.717, 1.165) is 0 Å². The molecule has 0 aliphatic heterocycles. The fourth-order valence-corrected chi connectivity index (χ4v) is 1.30. The van der Waals surface area contributed by atoms with E-state index < -0.39 is 5.97 Å². The van der Waals surface area contributed by atoms with Gasteiger partial charge in [-0.15, -0.1) is 0 Å². The number of pyridine rings is 1. The lowest BCUT2D eigenvalue weighted by atomic mass is 10.3. The van der Waals surface area contributed by atoms with Crippen LogP contribution in [0.4, 0.5) is 11.6 Å². The van der Waals surface area contributed by atoms with Gasteiger partial charge in [0.15, 0.2) is 0 Å².